The summed E-state index contributed by atoms with van der Waals surface area (Å²) in [5.41, 5.74) is 1.88. The summed E-state index contributed by atoms with van der Waals surface area (Å²) in [5.74, 6) is 0.745. The SMILES string of the molecule is COc1ccc(C(=O)N(C)c2ccc(NC(C)=O)cc2)cc1OC. The van der Waals surface area contributed by atoms with Gasteiger partial charge >= 0.3 is 0 Å². The molecule has 0 aliphatic heterocycles. The van der Waals surface area contributed by atoms with Gasteiger partial charge in [0.25, 0.3) is 5.91 Å². The third-order valence-electron chi connectivity index (χ3n) is 3.51. The molecule has 1 N–H and O–H groups in total. The van der Waals surface area contributed by atoms with E-state index in [9.17, 15) is 9.59 Å². The largest absolute Gasteiger partial charge is 0.493 e. The van der Waals surface area contributed by atoms with Crippen LogP contribution >= 0.6 is 0 Å². The molecule has 126 valence electrons. The molecular weight excluding hydrogens is 308 g/mol. The molecule has 0 spiro atoms. The second kappa shape index (κ2) is 7.50. The molecule has 24 heavy (non-hydrogen) atoms. The number of hydrogen-bond acceptors (Lipinski definition) is 4. The van der Waals surface area contributed by atoms with Crippen LogP contribution in [0.4, 0.5) is 11.4 Å². The van der Waals surface area contributed by atoms with E-state index < -0.39 is 0 Å². The van der Waals surface area contributed by atoms with Crippen LogP contribution in [0, 0.1) is 0 Å². The summed E-state index contributed by atoms with van der Waals surface area (Å²) >= 11 is 0. The van der Waals surface area contributed by atoms with Crippen LogP contribution in [0.3, 0.4) is 0 Å². The van der Waals surface area contributed by atoms with Crippen LogP contribution in [0.1, 0.15) is 17.3 Å². The average molecular weight is 328 g/mol. The number of amides is 2. The summed E-state index contributed by atoms with van der Waals surface area (Å²) in [4.78, 5) is 25.2. The first-order valence-corrected chi connectivity index (χ1v) is 7.34. The Hall–Kier alpha value is -3.02. The molecule has 0 aromatic heterocycles. The number of benzene rings is 2. The van der Waals surface area contributed by atoms with Crippen molar-refractivity contribution in [2.24, 2.45) is 0 Å². The molecule has 0 saturated carbocycles. The van der Waals surface area contributed by atoms with Crippen LogP contribution in [-0.2, 0) is 4.79 Å². The Bertz CT molecular complexity index is 741. The molecule has 0 radical (unpaired) electrons. The number of nitrogens with zero attached hydrogens (tertiary/aromatic N) is 1. The fourth-order valence-corrected chi connectivity index (χ4v) is 2.25. The minimum Gasteiger partial charge on any atom is -0.493 e. The maximum Gasteiger partial charge on any atom is 0.258 e. The number of rotatable bonds is 5. The van der Waals surface area contributed by atoms with E-state index in [1.807, 2.05) is 0 Å². The third kappa shape index (κ3) is 3.84. The number of methoxy groups -OCH3 is 2. The molecule has 0 fully saturated rings. The third-order valence-corrected chi connectivity index (χ3v) is 3.51. The molecule has 2 aromatic carbocycles. The van der Waals surface area contributed by atoms with Gasteiger partial charge in [-0.3, -0.25) is 9.59 Å². The molecule has 0 aliphatic rings. The lowest BCUT2D eigenvalue weighted by Gasteiger charge is -2.18. The van der Waals surface area contributed by atoms with Gasteiger partial charge in [0.15, 0.2) is 11.5 Å². The number of hydrogen-bond donors (Lipinski definition) is 1. The summed E-state index contributed by atoms with van der Waals surface area (Å²) < 4.78 is 10.4. The zero-order chi connectivity index (χ0) is 17.7. The van der Waals surface area contributed by atoms with Gasteiger partial charge in [-0.05, 0) is 42.5 Å². The Morgan fingerprint density at radius 3 is 2.12 bits per heavy atom. The highest BCUT2D eigenvalue weighted by Gasteiger charge is 2.16. The monoisotopic (exact) mass is 328 g/mol. The molecule has 0 aliphatic carbocycles. The Kier molecular flexibility index (Phi) is 5.42. The summed E-state index contributed by atoms with van der Waals surface area (Å²) in [5, 5.41) is 2.69. The fraction of sp³-hybridized carbons (Fsp3) is 0.222. The predicted octanol–water partition coefficient (Wildman–Crippen LogP) is 2.94. The number of nitrogens with one attached hydrogen (secondary N) is 1. The zero-order valence-corrected chi connectivity index (χ0v) is 14.1. The highest BCUT2D eigenvalue weighted by Crippen LogP contribution is 2.28. The van der Waals surface area contributed by atoms with Gasteiger partial charge in [-0.2, -0.15) is 0 Å². The van der Waals surface area contributed by atoms with E-state index in [0.29, 0.717) is 28.4 Å². The summed E-state index contributed by atoms with van der Waals surface area (Å²) in [6.07, 6.45) is 0. The molecule has 6 heteroatoms. The van der Waals surface area contributed by atoms with Crippen molar-refractivity contribution in [2.45, 2.75) is 6.92 Å². The first kappa shape index (κ1) is 17.3. The van der Waals surface area contributed by atoms with Crippen LogP contribution in [0.2, 0.25) is 0 Å². The van der Waals surface area contributed by atoms with Crippen molar-refractivity contribution in [1.82, 2.24) is 0 Å². The number of ether oxygens (including phenoxy) is 2. The molecule has 2 rings (SSSR count). The van der Waals surface area contributed by atoms with Crippen molar-refractivity contribution < 1.29 is 19.1 Å². The Morgan fingerprint density at radius 2 is 1.58 bits per heavy atom. The lowest BCUT2D eigenvalue weighted by Crippen LogP contribution is -2.26. The van der Waals surface area contributed by atoms with Crippen LogP contribution < -0.4 is 19.7 Å². The number of carbonyl (C=O) groups excluding carboxylic acids is 2. The quantitative estimate of drug-likeness (QED) is 0.916. The molecule has 0 bridgehead atoms. The first-order chi connectivity index (χ1) is 11.5. The van der Waals surface area contributed by atoms with E-state index in [0.717, 1.165) is 0 Å². The highest BCUT2D eigenvalue weighted by molar-refractivity contribution is 6.06. The Balaban J connectivity index is 2.21. The van der Waals surface area contributed by atoms with Crippen molar-refractivity contribution in [2.75, 3.05) is 31.5 Å². The second-order valence-corrected chi connectivity index (χ2v) is 5.16. The van der Waals surface area contributed by atoms with E-state index in [1.165, 1.54) is 18.9 Å². The van der Waals surface area contributed by atoms with E-state index in [4.69, 9.17) is 9.47 Å². The molecule has 0 heterocycles. The van der Waals surface area contributed by atoms with Crippen LogP contribution in [0.25, 0.3) is 0 Å². The highest BCUT2D eigenvalue weighted by atomic mass is 16.5. The lowest BCUT2D eigenvalue weighted by atomic mass is 10.1. The van der Waals surface area contributed by atoms with Gasteiger partial charge in [-0.15, -0.1) is 0 Å². The molecule has 0 unspecified atom stereocenters. The van der Waals surface area contributed by atoms with E-state index in [-0.39, 0.29) is 11.8 Å². The first-order valence-electron chi connectivity index (χ1n) is 7.34. The van der Waals surface area contributed by atoms with Gasteiger partial charge in [-0.1, -0.05) is 0 Å². The van der Waals surface area contributed by atoms with E-state index in [1.54, 1.807) is 56.6 Å². The topological polar surface area (TPSA) is 67.9 Å². The predicted molar refractivity (Wildman–Crippen MR) is 93.0 cm³/mol. The smallest absolute Gasteiger partial charge is 0.258 e. The molecule has 0 atom stereocenters. The second-order valence-electron chi connectivity index (χ2n) is 5.16. The molecular formula is C18H20N2O4. The fourth-order valence-electron chi connectivity index (χ4n) is 2.25. The lowest BCUT2D eigenvalue weighted by molar-refractivity contribution is -0.114. The van der Waals surface area contributed by atoms with Crippen LogP contribution in [0.5, 0.6) is 11.5 Å². The van der Waals surface area contributed by atoms with Crippen molar-refractivity contribution in [3.63, 3.8) is 0 Å². The van der Waals surface area contributed by atoms with Crippen molar-refractivity contribution in [3.05, 3.63) is 48.0 Å². The number of carbonyl (C=O) groups is 2. The van der Waals surface area contributed by atoms with Crippen LogP contribution in [-0.4, -0.2) is 33.1 Å². The van der Waals surface area contributed by atoms with Gasteiger partial charge in [0.1, 0.15) is 0 Å². The minimum atomic E-state index is -0.178. The number of anilines is 2. The van der Waals surface area contributed by atoms with E-state index >= 15 is 0 Å². The Labute approximate surface area is 141 Å². The molecule has 6 nitrogen and oxygen atoms in total. The van der Waals surface area contributed by atoms with Crippen molar-refractivity contribution in [1.29, 1.82) is 0 Å². The Morgan fingerprint density at radius 1 is 0.958 bits per heavy atom. The van der Waals surface area contributed by atoms with Gasteiger partial charge in [0, 0.05) is 30.9 Å². The standard InChI is InChI=1S/C18H20N2O4/c1-12(21)19-14-6-8-15(9-7-14)20(2)18(22)13-5-10-16(23-3)17(11-13)24-4/h5-11H,1-4H3,(H,19,21). The minimum absolute atomic E-state index is 0.141. The van der Waals surface area contributed by atoms with Gasteiger partial charge in [0.2, 0.25) is 5.91 Å². The van der Waals surface area contributed by atoms with Gasteiger partial charge < -0.3 is 19.7 Å². The maximum atomic E-state index is 12.6. The summed E-state index contributed by atoms with van der Waals surface area (Å²) in [7, 11) is 4.76. The van der Waals surface area contributed by atoms with E-state index in [2.05, 4.69) is 5.32 Å². The zero-order valence-electron chi connectivity index (χ0n) is 14.1. The maximum absolute atomic E-state index is 12.6. The van der Waals surface area contributed by atoms with Crippen molar-refractivity contribution >= 4 is 23.2 Å². The van der Waals surface area contributed by atoms with Crippen LogP contribution in [0.15, 0.2) is 42.5 Å². The molecule has 0 saturated heterocycles. The van der Waals surface area contributed by atoms with Crippen molar-refractivity contribution in [3.8, 4) is 11.5 Å². The normalized spacial score (nSPS) is 10.0. The molecule has 2 amide bonds. The summed E-state index contributed by atoms with van der Waals surface area (Å²) in [6, 6.07) is 12.0. The molecule has 2 aromatic rings. The average Bonchev–Trinajstić information content (AvgIpc) is 2.60. The van der Waals surface area contributed by atoms with Gasteiger partial charge in [0.05, 0.1) is 14.2 Å². The van der Waals surface area contributed by atoms with Gasteiger partial charge in [-0.25, -0.2) is 0 Å². The summed E-state index contributed by atoms with van der Waals surface area (Å²) in [6.45, 7) is 1.45.